The first-order valence-electron chi connectivity index (χ1n) is 13.3. The topological polar surface area (TPSA) is 81.4 Å². The minimum absolute atomic E-state index is 0.0885. The standard InChI is InChI=1S/C30H44N2O4/c1-19-11-14-23(20(2)16-19)31-25(33)17-22(18-26(34)35-30(6,7)8)28-27(21-12-13-21)24(36-32-28)10-9-15-29(3,4)5/h11,14,16,21-22H,9-10,12-13,15,17-18H2,1-8H3,(H,31,33). The van der Waals surface area contributed by atoms with Crippen molar-refractivity contribution < 1.29 is 18.8 Å². The Kier molecular flexibility index (Phi) is 8.68. The van der Waals surface area contributed by atoms with Gasteiger partial charge in [0.15, 0.2) is 0 Å². The Balaban J connectivity index is 1.83. The van der Waals surface area contributed by atoms with E-state index in [4.69, 9.17) is 9.26 Å². The average Bonchev–Trinajstić information content (AvgIpc) is 3.47. The minimum atomic E-state index is -0.593. The third-order valence-electron chi connectivity index (χ3n) is 6.45. The van der Waals surface area contributed by atoms with Crippen LogP contribution in [0.1, 0.15) is 120 Å². The maximum Gasteiger partial charge on any atom is 0.307 e. The molecule has 1 heterocycles. The summed E-state index contributed by atoms with van der Waals surface area (Å²) < 4.78 is 11.5. The second kappa shape index (κ2) is 11.2. The molecule has 1 aromatic carbocycles. The molecule has 0 saturated heterocycles. The Labute approximate surface area is 216 Å². The summed E-state index contributed by atoms with van der Waals surface area (Å²) in [6, 6.07) is 5.94. The average molecular weight is 497 g/mol. The number of amides is 1. The molecule has 1 unspecified atom stereocenters. The number of esters is 1. The zero-order valence-electron chi connectivity index (χ0n) is 23.4. The summed E-state index contributed by atoms with van der Waals surface area (Å²) >= 11 is 0. The Morgan fingerprint density at radius 1 is 1.11 bits per heavy atom. The monoisotopic (exact) mass is 496 g/mol. The first kappa shape index (κ1) is 27.9. The Morgan fingerprint density at radius 2 is 1.81 bits per heavy atom. The summed E-state index contributed by atoms with van der Waals surface area (Å²) in [6.07, 6.45) is 5.34. The van der Waals surface area contributed by atoms with Crippen LogP contribution in [-0.4, -0.2) is 22.6 Å². The number of benzene rings is 1. The maximum atomic E-state index is 13.2. The van der Waals surface area contributed by atoms with Crippen molar-refractivity contribution in [2.45, 2.75) is 118 Å². The van der Waals surface area contributed by atoms with Crippen LogP contribution in [-0.2, 0) is 20.7 Å². The summed E-state index contributed by atoms with van der Waals surface area (Å²) in [6.45, 7) is 16.3. The normalized spacial score (nSPS) is 15.0. The molecule has 6 nitrogen and oxygen atoms in total. The van der Waals surface area contributed by atoms with E-state index in [1.165, 1.54) is 0 Å². The number of anilines is 1. The van der Waals surface area contributed by atoms with Crippen molar-refractivity contribution >= 4 is 17.6 Å². The van der Waals surface area contributed by atoms with Crippen LogP contribution >= 0.6 is 0 Å². The van der Waals surface area contributed by atoms with Crippen molar-refractivity contribution in [1.29, 1.82) is 0 Å². The van der Waals surface area contributed by atoms with Crippen LogP contribution in [0, 0.1) is 19.3 Å². The molecule has 1 saturated carbocycles. The van der Waals surface area contributed by atoms with Gasteiger partial charge in [-0.05, 0) is 83.3 Å². The smallest absolute Gasteiger partial charge is 0.307 e. The second-order valence-electron chi connectivity index (χ2n) is 12.7. The van der Waals surface area contributed by atoms with Crippen molar-refractivity contribution in [3.05, 3.63) is 46.3 Å². The summed E-state index contributed by atoms with van der Waals surface area (Å²) in [5.41, 5.74) is 4.48. The molecular weight excluding hydrogens is 452 g/mol. The Morgan fingerprint density at radius 3 is 2.39 bits per heavy atom. The fraction of sp³-hybridized carbons (Fsp3) is 0.633. The fourth-order valence-corrected chi connectivity index (χ4v) is 4.64. The number of nitrogens with zero attached hydrogens (tertiary/aromatic N) is 1. The lowest BCUT2D eigenvalue weighted by atomic mass is 9.88. The van der Waals surface area contributed by atoms with Crippen LogP contribution in [0.5, 0.6) is 0 Å². The third kappa shape index (κ3) is 8.49. The molecule has 198 valence electrons. The molecule has 0 aliphatic heterocycles. The second-order valence-corrected chi connectivity index (χ2v) is 12.7. The van der Waals surface area contributed by atoms with Gasteiger partial charge in [0.05, 0.1) is 12.1 Å². The number of nitrogens with one attached hydrogen (secondary N) is 1. The van der Waals surface area contributed by atoms with Gasteiger partial charge in [-0.3, -0.25) is 9.59 Å². The number of hydrogen-bond acceptors (Lipinski definition) is 5. The van der Waals surface area contributed by atoms with Crippen molar-refractivity contribution in [3.8, 4) is 0 Å². The lowest BCUT2D eigenvalue weighted by Gasteiger charge is -2.22. The molecule has 0 bridgehead atoms. The highest BCUT2D eigenvalue weighted by Gasteiger charge is 2.36. The summed E-state index contributed by atoms with van der Waals surface area (Å²) in [4.78, 5) is 26.0. The Bertz CT molecular complexity index is 1070. The first-order chi connectivity index (χ1) is 16.7. The number of ether oxygens (including phenoxy) is 1. The largest absolute Gasteiger partial charge is 0.460 e. The van der Waals surface area contributed by atoms with Gasteiger partial charge in [0, 0.05) is 30.0 Å². The van der Waals surface area contributed by atoms with Gasteiger partial charge in [0.1, 0.15) is 11.4 Å². The molecule has 1 aromatic heterocycles. The van der Waals surface area contributed by atoms with E-state index >= 15 is 0 Å². The number of rotatable bonds is 10. The number of carbonyl (C=O) groups excluding carboxylic acids is 2. The Hall–Kier alpha value is -2.63. The van der Waals surface area contributed by atoms with E-state index in [2.05, 4.69) is 31.2 Å². The highest BCUT2D eigenvalue weighted by atomic mass is 16.6. The van der Waals surface area contributed by atoms with E-state index in [-0.39, 0.29) is 30.1 Å². The summed E-state index contributed by atoms with van der Waals surface area (Å²) in [7, 11) is 0. The molecule has 0 radical (unpaired) electrons. The molecule has 1 atom stereocenters. The summed E-state index contributed by atoms with van der Waals surface area (Å²) in [5.74, 6) is 0.446. The number of hydrogen-bond donors (Lipinski definition) is 1. The predicted octanol–water partition coefficient (Wildman–Crippen LogP) is 7.38. The molecule has 36 heavy (non-hydrogen) atoms. The molecule has 6 heteroatoms. The van der Waals surface area contributed by atoms with E-state index in [0.29, 0.717) is 5.92 Å². The number of aromatic nitrogens is 1. The van der Waals surface area contributed by atoms with Gasteiger partial charge < -0.3 is 14.6 Å². The summed E-state index contributed by atoms with van der Waals surface area (Å²) in [5, 5.41) is 7.50. The molecule has 1 aliphatic carbocycles. The van der Waals surface area contributed by atoms with Crippen molar-refractivity contribution in [3.63, 3.8) is 0 Å². The lowest BCUT2D eigenvalue weighted by molar-refractivity contribution is -0.155. The van der Waals surface area contributed by atoms with Crippen molar-refractivity contribution in [2.24, 2.45) is 5.41 Å². The lowest BCUT2D eigenvalue weighted by Crippen LogP contribution is -2.26. The van der Waals surface area contributed by atoms with E-state index < -0.39 is 11.5 Å². The van der Waals surface area contributed by atoms with Gasteiger partial charge in [-0.2, -0.15) is 0 Å². The van der Waals surface area contributed by atoms with Crippen LogP contribution in [0.25, 0.3) is 0 Å². The third-order valence-corrected chi connectivity index (χ3v) is 6.45. The van der Waals surface area contributed by atoms with E-state index in [9.17, 15) is 9.59 Å². The molecule has 0 spiro atoms. The molecular formula is C30H44N2O4. The molecule has 1 fully saturated rings. The van der Waals surface area contributed by atoms with E-state index in [0.717, 1.165) is 65.9 Å². The first-order valence-corrected chi connectivity index (χ1v) is 13.3. The van der Waals surface area contributed by atoms with Gasteiger partial charge >= 0.3 is 5.97 Å². The molecule has 1 aliphatic rings. The minimum Gasteiger partial charge on any atom is -0.460 e. The molecule has 1 N–H and O–H groups in total. The van der Waals surface area contributed by atoms with Crippen molar-refractivity contribution in [2.75, 3.05) is 5.32 Å². The maximum absolute atomic E-state index is 13.2. The van der Waals surface area contributed by atoms with Crippen LogP contribution in [0.2, 0.25) is 0 Å². The van der Waals surface area contributed by atoms with Crippen LogP contribution in [0.4, 0.5) is 5.69 Å². The molecule has 2 aromatic rings. The van der Waals surface area contributed by atoms with Crippen LogP contribution < -0.4 is 5.32 Å². The highest BCUT2D eigenvalue weighted by Crippen LogP contribution is 2.46. The zero-order chi connectivity index (χ0) is 26.7. The zero-order valence-corrected chi connectivity index (χ0v) is 23.4. The van der Waals surface area contributed by atoms with Crippen LogP contribution in [0.3, 0.4) is 0 Å². The number of aryl methyl sites for hydroxylation is 3. The SMILES string of the molecule is Cc1ccc(NC(=O)CC(CC(=O)OC(C)(C)C)c2noc(CCCC(C)(C)C)c2C2CC2)c(C)c1. The van der Waals surface area contributed by atoms with E-state index in [1.54, 1.807) is 0 Å². The van der Waals surface area contributed by atoms with Gasteiger partial charge in [-0.15, -0.1) is 0 Å². The van der Waals surface area contributed by atoms with Crippen molar-refractivity contribution in [1.82, 2.24) is 5.16 Å². The fourth-order valence-electron chi connectivity index (χ4n) is 4.64. The van der Waals surface area contributed by atoms with Gasteiger partial charge in [0.2, 0.25) is 5.91 Å². The van der Waals surface area contributed by atoms with Crippen LogP contribution in [0.15, 0.2) is 22.7 Å². The number of carbonyl (C=O) groups is 2. The van der Waals surface area contributed by atoms with Gasteiger partial charge in [-0.25, -0.2) is 0 Å². The molecule has 1 amide bonds. The van der Waals surface area contributed by atoms with Gasteiger partial charge in [0.25, 0.3) is 0 Å². The quantitative estimate of drug-likeness (QED) is 0.347. The highest BCUT2D eigenvalue weighted by molar-refractivity contribution is 5.92. The van der Waals surface area contributed by atoms with Gasteiger partial charge in [-0.1, -0.05) is 43.6 Å². The molecule has 3 rings (SSSR count). The predicted molar refractivity (Wildman–Crippen MR) is 143 cm³/mol. The van der Waals surface area contributed by atoms with E-state index in [1.807, 2.05) is 52.8 Å².